The van der Waals surface area contributed by atoms with E-state index in [0.29, 0.717) is 0 Å². The molecule has 0 fully saturated rings. The van der Waals surface area contributed by atoms with Crippen molar-refractivity contribution in [3.05, 3.63) is 18.2 Å². The minimum absolute atomic E-state index is 0.0118. The molecule has 0 aliphatic carbocycles. The van der Waals surface area contributed by atoms with Gasteiger partial charge < -0.3 is 0 Å². The van der Waals surface area contributed by atoms with Crippen molar-refractivity contribution in [1.29, 1.82) is 0 Å². The molecule has 0 amide bonds. The summed E-state index contributed by atoms with van der Waals surface area (Å²) < 4.78 is 0. The van der Waals surface area contributed by atoms with Crippen LogP contribution < -0.4 is 0 Å². The van der Waals surface area contributed by atoms with Crippen molar-refractivity contribution in [1.82, 2.24) is 15.2 Å². The maximum atomic E-state index is 4.02. The molecule has 0 spiro atoms. The second kappa shape index (κ2) is 2.33. The van der Waals surface area contributed by atoms with E-state index in [0.717, 1.165) is 5.82 Å². The fourth-order valence-corrected chi connectivity index (χ4v) is 0.562. The van der Waals surface area contributed by atoms with Gasteiger partial charge in [-0.05, 0) is 0 Å². The van der Waals surface area contributed by atoms with Crippen molar-refractivity contribution in [2.75, 3.05) is 0 Å². The van der Waals surface area contributed by atoms with Crippen LogP contribution in [0.5, 0.6) is 0 Å². The van der Waals surface area contributed by atoms with Gasteiger partial charge in [-0.2, -0.15) is 0 Å². The minimum Gasteiger partial charge on any atom is -0.236 e. The van der Waals surface area contributed by atoms with E-state index in [1.54, 1.807) is 0 Å². The molecule has 1 aromatic rings. The Balaban J connectivity index is 2.97. The van der Waals surface area contributed by atoms with E-state index in [4.69, 9.17) is 0 Å². The van der Waals surface area contributed by atoms with Crippen LogP contribution in [0.1, 0.15) is 26.6 Å². The third kappa shape index (κ3) is 1.50. The largest absolute Gasteiger partial charge is 0.236 e. The highest BCUT2D eigenvalue weighted by molar-refractivity contribution is 4.97. The summed E-state index contributed by atoms with van der Waals surface area (Å²) in [6.45, 7) is 6.14. The lowest BCUT2D eigenvalue weighted by Gasteiger charge is -2.13. The lowest BCUT2D eigenvalue weighted by atomic mass is 9.96. The van der Waals surface area contributed by atoms with Gasteiger partial charge in [-0.3, -0.25) is 0 Å². The number of hydrogen-bond acceptors (Lipinski definition) is 3. The molecule has 0 N–H and O–H groups in total. The van der Waals surface area contributed by atoms with Crippen LogP contribution in [0.4, 0.5) is 0 Å². The molecular formula is C7H10N3. The quantitative estimate of drug-likeness (QED) is 0.533. The summed E-state index contributed by atoms with van der Waals surface area (Å²) in [5.41, 5.74) is -0.0118. The molecule has 0 aliphatic heterocycles. The standard InChI is InChI=1S/C7H10N3/c1-7(2,3)6-8-4-5-9-10-6/h4H,1-3H3. The van der Waals surface area contributed by atoms with Crippen LogP contribution in [-0.2, 0) is 5.41 Å². The average molecular weight is 136 g/mol. The number of hydrogen-bond donors (Lipinski definition) is 0. The zero-order valence-electron chi connectivity index (χ0n) is 6.42. The second-order valence-corrected chi connectivity index (χ2v) is 3.16. The van der Waals surface area contributed by atoms with Crippen LogP contribution in [0.3, 0.4) is 0 Å². The van der Waals surface area contributed by atoms with Crippen molar-refractivity contribution in [3.8, 4) is 0 Å². The lowest BCUT2D eigenvalue weighted by Crippen LogP contribution is -2.16. The number of aromatic nitrogens is 3. The Labute approximate surface area is 60.5 Å². The van der Waals surface area contributed by atoms with Crippen LogP contribution in [0.15, 0.2) is 6.20 Å². The molecule has 1 rings (SSSR count). The summed E-state index contributed by atoms with van der Waals surface area (Å²) in [6.07, 6.45) is 4.07. The maximum absolute atomic E-state index is 4.02. The Morgan fingerprint density at radius 3 is 2.40 bits per heavy atom. The average Bonchev–Trinajstić information content (AvgIpc) is 1.88. The summed E-state index contributed by atoms with van der Waals surface area (Å²) in [5.74, 6) is 0.756. The van der Waals surface area contributed by atoms with Crippen molar-refractivity contribution in [3.63, 3.8) is 0 Å². The Bertz CT molecular complexity index is 200. The van der Waals surface area contributed by atoms with Gasteiger partial charge in [0.05, 0.1) is 6.20 Å². The molecule has 0 saturated carbocycles. The van der Waals surface area contributed by atoms with Crippen LogP contribution in [0, 0.1) is 6.20 Å². The molecule has 1 radical (unpaired) electrons. The molecule has 3 nitrogen and oxygen atoms in total. The smallest absolute Gasteiger partial charge is 0.156 e. The van der Waals surface area contributed by atoms with Crippen molar-refractivity contribution in [2.24, 2.45) is 0 Å². The van der Waals surface area contributed by atoms with Crippen LogP contribution >= 0.6 is 0 Å². The van der Waals surface area contributed by atoms with Gasteiger partial charge in [-0.15, -0.1) is 10.2 Å². The van der Waals surface area contributed by atoms with E-state index >= 15 is 0 Å². The molecule has 0 aromatic carbocycles. The van der Waals surface area contributed by atoms with E-state index in [1.807, 2.05) is 20.8 Å². The summed E-state index contributed by atoms with van der Waals surface area (Å²) in [7, 11) is 0. The van der Waals surface area contributed by atoms with Gasteiger partial charge in [0.2, 0.25) is 0 Å². The SMILES string of the molecule is CC(C)(C)c1nc[c]nn1. The van der Waals surface area contributed by atoms with E-state index in [9.17, 15) is 0 Å². The van der Waals surface area contributed by atoms with Gasteiger partial charge in [-0.1, -0.05) is 20.8 Å². The van der Waals surface area contributed by atoms with E-state index < -0.39 is 0 Å². The van der Waals surface area contributed by atoms with E-state index in [-0.39, 0.29) is 5.41 Å². The lowest BCUT2D eigenvalue weighted by molar-refractivity contribution is 0.532. The molecule has 0 aliphatic rings. The normalized spacial score (nSPS) is 11.5. The molecular weight excluding hydrogens is 126 g/mol. The van der Waals surface area contributed by atoms with Gasteiger partial charge >= 0.3 is 0 Å². The summed E-state index contributed by atoms with van der Waals surface area (Å²) in [4.78, 5) is 4.02. The van der Waals surface area contributed by atoms with Gasteiger partial charge in [-0.25, -0.2) is 4.98 Å². The van der Waals surface area contributed by atoms with E-state index in [2.05, 4.69) is 21.4 Å². The fourth-order valence-electron chi connectivity index (χ4n) is 0.562. The topological polar surface area (TPSA) is 38.7 Å². The van der Waals surface area contributed by atoms with Crippen molar-refractivity contribution >= 4 is 0 Å². The van der Waals surface area contributed by atoms with Crippen molar-refractivity contribution < 1.29 is 0 Å². The number of nitrogens with zero attached hydrogens (tertiary/aromatic N) is 3. The first-order chi connectivity index (χ1) is 4.61. The minimum atomic E-state index is -0.0118. The fraction of sp³-hybridized carbons (Fsp3) is 0.571. The molecule has 1 aromatic heterocycles. The Kier molecular flexibility index (Phi) is 1.66. The highest BCUT2D eigenvalue weighted by atomic mass is 15.1. The predicted molar refractivity (Wildman–Crippen MR) is 37.4 cm³/mol. The van der Waals surface area contributed by atoms with Gasteiger partial charge in [0.15, 0.2) is 5.82 Å². The zero-order valence-corrected chi connectivity index (χ0v) is 6.42. The second-order valence-electron chi connectivity index (χ2n) is 3.16. The predicted octanol–water partition coefficient (Wildman–Crippen LogP) is 0.969. The first-order valence-corrected chi connectivity index (χ1v) is 3.17. The third-order valence-corrected chi connectivity index (χ3v) is 1.12. The molecule has 0 bridgehead atoms. The van der Waals surface area contributed by atoms with Crippen LogP contribution in [-0.4, -0.2) is 15.2 Å². The summed E-state index contributed by atoms with van der Waals surface area (Å²) in [5, 5.41) is 7.45. The highest BCUT2D eigenvalue weighted by Gasteiger charge is 2.16. The van der Waals surface area contributed by atoms with Gasteiger partial charge in [0.25, 0.3) is 0 Å². The van der Waals surface area contributed by atoms with Crippen LogP contribution in [0.2, 0.25) is 0 Å². The maximum Gasteiger partial charge on any atom is 0.156 e. The molecule has 0 atom stereocenters. The Morgan fingerprint density at radius 2 is 2.10 bits per heavy atom. The van der Waals surface area contributed by atoms with E-state index in [1.165, 1.54) is 6.20 Å². The first kappa shape index (κ1) is 7.12. The Hall–Kier alpha value is -0.990. The highest BCUT2D eigenvalue weighted by Crippen LogP contribution is 2.15. The van der Waals surface area contributed by atoms with Crippen molar-refractivity contribution in [2.45, 2.75) is 26.2 Å². The molecule has 1 heterocycles. The monoisotopic (exact) mass is 136 g/mol. The van der Waals surface area contributed by atoms with Gasteiger partial charge in [0, 0.05) is 5.41 Å². The Morgan fingerprint density at radius 1 is 1.40 bits per heavy atom. The molecule has 53 valence electrons. The molecule has 0 saturated heterocycles. The third-order valence-electron chi connectivity index (χ3n) is 1.12. The summed E-state index contributed by atoms with van der Waals surface area (Å²) >= 11 is 0. The number of rotatable bonds is 0. The van der Waals surface area contributed by atoms with Gasteiger partial charge in [0.1, 0.15) is 6.20 Å². The summed E-state index contributed by atoms with van der Waals surface area (Å²) in [6, 6.07) is 0. The molecule has 0 unspecified atom stereocenters. The van der Waals surface area contributed by atoms with Crippen LogP contribution in [0.25, 0.3) is 0 Å². The zero-order chi connectivity index (χ0) is 7.61. The molecule has 10 heavy (non-hydrogen) atoms. The first-order valence-electron chi connectivity index (χ1n) is 3.17. The molecule has 3 heteroatoms.